The monoisotopic (exact) mass is 947 g/mol. The summed E-state index contributed by atoms with van der Waals surface area (Å²) in [5.74, 6) is 0.914. The number of carbonyl (C=O) groups excluding carboxylic acids is 1. The fraction of sp³-hybridized carbons (Fsp3) is 0.360. The number of rotatable bonds is 13. The van der Waals surface area contributed by atoms with E-state index in [1.165, 1.54) is 48.7 Å². The van der Waals surface area contributed by atoms with Crippen molar-refractivity contribution in [3.8, 4) is 32.8 Å². The van der Waals surface area contributed by atoms with Crippen LogP contribution in [0.25, 0.3) is 53.7 Å². The number of alkyl halides is 1. The second-order valence-corrected chi connectivity index (χ2v) is 16.6. The standard InChI is InChI=1S/C37H33FNS.C13H24O2.Ir/c1-23(2)33-21-30(20-29-19-28(15-16-32(29)33)26-9-7-6-8-10-26)34-36-31(17-18-39-34)24(3)35(40-36)27-13-11-25(12-14-27)22-37(4,5)38;1-5-10(6-2)12(14)9-13(15)11(7-3)8-4;/h6-19,21,23H,22H2,1-5H3;9-11,14H,5-8H2,1-4H3;/q-1;;/b;12-9-;. The summed E-state index contributed by atoms with van der Waals surface area (Å²) in [6.45, 7) is 18.0. The van der Waals surface area contributed by atoms with Crippen LogP contribution in [0.1, 0.15) is 104 Å². The number of hydrogen-bond acceptors (Lipinski definition) is 4. The smallest absolute Gasteiger partial charge is 0.162 e. The maximum Gasteiger partial charge on any atom is 0.162 e. The van der Waals surface area contributed by atoms with E-state index in [0.29, 0.717) is 12.3 Å². The van der Waals surface area contributed by atoms with Gasteiger partial charge in [-0.1, -0.05) is 125 Å². The number of carbonyl (C=O) groups is 1. The van der Waals surface area contributed by atoms with Gasteiger partial charge in [-0.3, -0.25) is 9.78 Å². The van der Waals surface area contributed by atoms with E-state index in [4.69, 9.17) is 4.98 Å². The number of benzene rings is 4. The predicted octanol–water partition coefficient (Wildman–Crippen LogP) is 14.8. The first kappa shape index (κ1) is 44.8. The maximum absolute atomic E-state index is 14.2. The zero-order chi connectivity index (χ0) is 39.9. The van der Waals surface area contributed by atoms with Crippen molar-refractivity contribution in [1.29, 1.82) is 0 Å². The maximum atomic E-state index is 14.2. The average Bonchev–Trinajstić information content (AvgIpc) is 3.51. The summed E-state index contributed by atoms with van der Waals surface area (Å²) in [5, 5.41) is 13.3. The Balaban J connectivity index is 0.000000372. The number of pyridine rings is 1. The van der Waals surface area contributed by atoms with Gasteiger partial charge in [0, 0.05) is 65.9 Å². The molecule has 6 rings (SSSR count). The Hall–Kier alpha value is -3.96. The van der Waals surface area contributed by atoms with Crippen LogP contribution in [0.5, 0.6) is 0 Å². The minimum atomic E-state index is -1.22. The Morgan fingerprint density at radius 3 is 2.05 bits per heavy atom. The Morgan fingerprint density at radius 1 is 0.839 bits per heavy atom. The molecule has 0 unspecified atom stereocenters. The molecule has 6 heteroatoms. The van der Waals surface area contributed by atoms with Crippen LogP contribution in [0.15, 0.2) is 103 Å². The first-order valence-corrected chi connectivity index (χ1v) is 20.8. The van der Waals surface area contributed by atoms with E-state index in [1.807, 2.05) is 40.0 Å². The molecule has 0 saturated carbocycles. The van der Waals surface area contributed by atoms with Crippen molar-refractivity contribution < 1.29 is 34.4 Å². The van der Waals surface area contributed by atoms with Crippen LogP contribution in [0, 0.1) is 24.8 Å². The van der Waals surface area contributed by atoms with E-state index in [-0.39, 0.29) is 43.5 Å². The molecule has 0 aliphatic carbocycles. The number of aryl methyl sites for hydroxylation is 1. The van der Waals surface area contributed by atoms with Crippen molar-refractivity contribution >= 4 is 38.0 Å². The first-order valence-electron chi connectivity index (χ1n) is 19.9. The van der Waals surface area contributed by atoms with Crippen molar-refractivity contribution in [3.05, 3.63) is 126 Å². The molecule has 0 amide bonds. The molecular formula is C50H57FIrNO2S-. The van der Waals surface area contributed by atoms with Crippen molar-refractivity contribution in [2.24, 2.45) is 11.8 Å². The summed E-state index contributed by atoms with van der Waals surface area (Å²) in [5.41, 5.74) is 7.90. The molecule has 0 spiro atoms. The number of aromatic nitrogens is 1. The summed E-state index contributed by atoms with van der Waals surface area (Å²) in [6.07, 6.45) is 7.24. The van der Waals surface area contributed by atoms with Gasteiger partial charge in [0.25, 0.3) is 0 Å². The van der Waals surface area contributed by atoms with Crippen LogP contribution in [0.2, 0.25) is 0 Å². The summed E-state index contributed by atoms with van der Waals surface area (Å²) in [4.78, 5) is 17.8. The van der Waals surface area contributed by atoms with Gasteiger partial charge >= 0.3 is 0 Å². The summed E-state index contributed by atoms with van der Waals surface area (Å²) < 4.78 is 15.4. The molecule has 0 aliphatic rings. The minimum absolute atomic E-state index is 0. The molecule has 1 N–H and O–H groups in total. The van der Waals surface area contributed by atoms with Gasteiger partial charge in [0.15, 0.2) is 5.78 Å². The van der Waals surface area contributed by atoms with Gasteiger partial charge < -0.3 is 5.11 Å². The van der Waals surface area contributed by atoms with E-state index < -0.39 is 5.67 Å². The normalized spacial score (nSPS) is 12.0. The number of aliphatic hydroxyl groups is 1. The third kappa shape index (κ3) is 10.7. The van der Waals surface area contributed by atoms with Gasteiger partial charge in [-0.2, -0.15) is 0 Å². The quantitative estimate of drug-likeness (QED) is 0.0713. The molecule has 297 valence electrons. The third-order valence-electron chi connectivity index (χ3n) is 10.7. The Bertz CT molecular complexity index is 2240. The zero-order valence-corrected chi connectivity index (χ0v) is 37.6. The first-order chi connectivity index (χ1) is 26.3. The molecule has 6 aromatic rings. The van der Waals surface area contributed by atoms with Crippen molar-refractivity contribution in [2.45, 2.75) is 106 Å². The van der Waals surface area contributed by atoms with Crippen molar-refractivity contribution in [2.75, 3.05) is 0 Å². The number of halogens is 1. The van der Waals surface area contributed by atoms with Gasteiger partial charge in [0.1, 0.15) is 5.67 Å². The molecule has 0 aliphatic heterocycles. The number of thiophene rings is 1. The van der Waals surface area contributed by atoms with Crippen LogP contribution < -0.4 is 0 Å². The topological polar surface area (TPSA) is 50.2 Å². The van der Waals surface area contributed by atoms with E-state index in [1.54, 1.807) is 25.2 Å². The molecule has 56 heavy (non-hydrogen) atoms. The molecule has 4 aromatic carbocycles. The second kappa shape index (κ2) is 19.9. The largest absolute Gasteiger partial charge is 0.512 e. The second-order valence-electron chi connectivity index (χ2n) is 15.6. The summed E-state index contributed by atoms with van der Waals surface area (Å²) in [6, 6.07) is 33.7. The molecule has 0 bridgehead atoms. The Labute approximate surface area is 351 Å². The number of fused-ring (bicyclic) bond motifs is 2. The summed E-state index contributed by atoms with van der Waals surface area (Å²) in [7, 11) is 0. The van der Waals surface area contributed by atoms with Crippen LogP contribution in [0.3, 0.4) is 0 Å². The fourth-order valence-electron chi connectivity index (χ4n) is 7.38. The van der Waals surface area contributed by atoms with E-state index in [0.717, 1.165) is 53.5 Å². The molecule has 0 atom stereocenters. The minimum Gasteiger partial charge on any atom is -0.512 e. The van der Waals surface area contributed by atoms with Gasteiger partial charge in [-0.25, -0.2) is 4.39 Å². The van der Waals surface area contributed by atoms with E-state index in [9.17, 15) is 14.3 Å². The van der Waals surface area contributed by atoms with Crippen LogP contribution in [0.4, 0.5) is 4.39 Å². The van der Waals surface area contributed by atoms with Gasteiger partial charge in [0.05, 0.1) is 5.76 Å². The molecule has 2 aromatic heterocycles. The Kier molecular flexibility index (Phi) is 15.9. The third-order valence-corrected chi connectivity index (χ3v) is 12.0. The number of hydrogen-bond donors (Lipinski definition) is 1. The number of nitrogens with zero attached hydrogens (tertiary/aromatic N) is 1. The zero-order valence-electron chi connectivity index (χ0n) is 34.4. The number of ketones is 1. The van der Waals surface area contributed by atoms with Crippen molar-refractivity contribution in [3.63, 3.8) is 0 Å². The molecular weight excluding hydrogens is 890 g/mol. The van der Waals surface area contributed by atoms with Crippen LogP contribution >= 0.6 is 11.3 Å². The SMILES string of the molecule is CCC(CC)C(=O)/C=C(\O)C(CC)CC.Cc1c(-c2ccc(CC(C)(C)F)cc2)sc2c(-c3[c-]c4cc(-c5ccccc5)ccc4c(C(C)C)c3)nccc12.[Ir]. The van der Waals surface area contributed by atoms with Gasteiger partial charge in [-0.15, -0.1) is 40.5 Å². The number of aliphatic hydroxyl groups excluding tert-OH is 1. The Morgan fingerprint density at radius 2 is 1.46 bits per heavy atom. The fourth-order valence-corrected chi connectivity index (χ4v) is 8.69. The average molecular weight is 947 g/mol. The molecule has 0 saturated heterocycles. The van der Waals surface area contributed by atoms with Gasteiger partial charge in [0.2, 0.25) is 0 Å². The molecule has 0 fully saturated rings. The predicted molar refractivity (Wildman–Crippen MR) is 234 cm³/mol. The van der Waals surface area contributed by atoms with Crippen LogP contribution in [-0.2, 0) is 31.3 Å². The van der Waals surface area contributed by atoms with E-state index in [2.05, 4.69) is 106 Å². The number of allylic oxidation sites excluding steroid dienone is 2. The molecule has 1 radical (unpaired) electrons. The summed E-state index contributed by atoms with van der Waals surface area (Å²) >= 11 is 1.78. The van der Waals surface area contributed by atoms with Crippen molar-refractivity contribution in [1.82, 2.24) is 4.98 Å². The molecule has 2 heterocycles. The molecule has 3 nitrogen and oxygen atoms in total. The van der Waals surface area contributed by atoms with Crippen LogP contribution in [-0.4, -0.2) is 21.5 Å². The van der Waals surface area contributed by atoms with Gasteiger partial charge in [-0.05, 0) is 86.1 Å². The van der Waals surface area contributed by atoms with E-state index >= 15 is 0 Å².